The number of halogens is 1. The van der Waals surface area contributed by atoms with E-state index in [0.29, 0.717) is 23.3 Å². The van der Waals surface area contributed by atoms with Crippen LogP contribution in [0.4, 0.5) is 10.1 Å². The molecule has 0 saturated carbocycles. The summed E-state index contributed by atoms with van der Waals surface area (Å²) in [5.41, 5.74) is 7.59. The lowest BCUT2D eigenvalue weighted by atomic mass is 9.95. The summed E-state index contributed by atoms with van der Waals surface area (Å²) < 4.78 is 19.7. The average molecular weight is 496 g/mol. The number of aryl methyl sites for hydroxylation is 1. The Kier molecular flexibility index (Phi) is 7.57. The van der Waals surface area contributed by atoms with Crippen molar-refractivity contribution in [2.45, 2.75) is 38.1 Å². The Morgan fingerprint density at radius 3 is 2.43 bits per heavy atom. The van der Waals surface area contributed by atoms with Gasteiger partial charge in [-0.2, -0.15) is 0 Å². The number of benzene rings is 4. The van der Waals surface area contributed by atoms with Crippen LogP contribution in [0.2, 0.25) is 0 Å². The molecule has 0 spiro atoms. The van der Waals surface area contributed by atoms with Gasteiger partial charge < -0.3 is 14.7 Å². The van der Waals surface area contributed by atoms with E-state index in [0.717, 1.165) is 36.9 Å². The molecule has 0 amide bonds. The molecule has 1 heterocycles. The summed E-state index contributed by atoms with van der Waals surface area (Å²) in [5, 5.41) is 9.66. The number of anilines is 1. The molecule has 2 unspecified atom stereocenters. The van der Waals surface area contributed by atoms with Crippen molar-refractivity contribution in [3.63, 3.8) is 0 Å². The van der Waals surface area contributed by atoms with E-state index in [-0.39, 0.29) is 12.4 Å². The minimum Gasteiger partial charge on any atom is -0.497 e. The van der Waals surface area contributed by atoms with E-state index in [9.17, 15) is 9.50 Å². The van der Waals surface area contributed by atoms with Gasteiger partial charge in [-0.25, -0.2) is 4.39 Å². The van der Waals surface area contributed by atoms with Crippen molar-refractivity contribution in [2.75, 3.05) is 25.2 Å². The third-order valence-electron chi connectivity index (χ3n) is 7.64. The summed E-state index contributed by atoms with van der Waals surface area (Å²) in [6, 6.07) is 30.8. The van der Waals surface area contributed by atoms with Crippen LogP contribution in [0.5, 0.6) is 5.75 Å². The van der Waals surface area contributed by atoms with Crippen LogP contribution in [0, 0.1) is 12.7 Å². The molecule has 1 N–H and O–H groups in total. The van der Waals surface area contributed by atoms with E-state index in [1.165, 1.54) is 28.4 Å². The van der Waals surface area contributed by atoms with Gasteiger partial charge in [-0.15, -0.1) is 0 Å². The van der Waals surface area contributed by atoms with Gasteiger partial charge in [-0.3, -0.25) is 0 Å². The van der Waals surface area contributed by atoms with Crippen molar-refractivity contribution in [3.05, 3.63) is 119 Å². The maximum absolute atomic E-state index is 14.5. The standard InChI is InChI=1S/C33H34FNO2/c1-23-18-27(32-21-31(37-2)14-15-33(32)34)11-10-26(23)19-24-8-12-29(13-9-24)35-22-28(20-30(35)16-17-36)25-6-4-3-5-7-25/h3-15,18,21,28,30,36H,16-17,19-20,22H2,1-2H3. The summed E-state index contributed by atoms with van der Waals surface area (Å²) in [6.45, 7) is 3.25. The predicted octanol–water partition coefficient (Wildman–Crippen LogP) is 7.15. The normalized spacial score (nSPS) is 17.2. The Morgan fingerprint density at radius 1 is 0.946 bits per heavy atom. The highest BCUT2D eigenvalue weighted by molar-refractivity contribution is 5.67. The molecule has 1 saturated heterocycles. The van der Waals surface area contributed by atoms with Crippen molar-refractivity contribution in [3.8, 4) is 16.9 Å². The van der Waals surface area contributed by atoms with Crippen molar-refractivity contribution in [2.24, 2.45) is 0 Å². The zero-order chi connectivity index (χ0) is 25.8. The minimum absolute atomic E-state index is 0.204. The second kappa shape index (κ2) is 11.2. The van der Waals surface area contributed by atoms with Gasteiger partial charge in [0.15, 0.2) is 0 Å². The van der Waals surface area contributed by atoms with Crippen LogP contribution in [0.25, 0.3) is 11.1 Å². The molecule has 0 radical (unpaired) electrons. The van der Waals surface area contributed by atoms with E-state index in [4.69, 9.17) is 4.74 Å². The number of aliphatic hydroxyl groups excluding tert-OH is 1. The zero-order valence-electron chi connectivity index (χ0n) is 21.5. The molecule has 4 heteroatoms. The Bertz CT molecular complexity index is 1340. The van der Waals surface area contributed by atoms with Crippen LogP contribution in [-0.4, -0.2) is 31.4 Å². The molecule has 4 aromatic rings. The van der Waals surface area contributed by atoms with E-state index < -0.39 is 0 Å². The molecule has 4 aromatic carbocycles. The van der Waals surface area contributed by atoms with E-state index in [2.05, 4.69) is 78.6 Å². The Labute approximate surface area is 219 Å². The minimum atomic E-state index is -0.251. The summed E-state index contributed by atoms with van der Waals surface area (Å²) >= 11 is 0. The summed E-state index contributed by atoms with van der Waals surface area (Å²) in [4.78, 5) is 2.46. The Hall–Kier alpha value is -3.63. The monoisotopic (exact) mass is 495 g/mol. The van der Waals surface area contributed by atoms with Gasteiger partial charge in [0.05, 0.1) is 7.11 Å². The predicted molar refractivity (Wildman–Crippen MR) is 149 cm³/mol. The number of aliphatic hydroxyl groups is 1. The van der Waals surface area contributed by atoms with Gasteiger partial charge in [0, 0.05) is 36.4 Å². The van der Waals surface area contributed by atoms with Gasteiger partial charge in [-0.1, -0.05) is 60.7 Å². The van der Waals surface area contributed by atoms with Crippen molar-refractivity contribution in [1.82, 2.24) is 0 Å². The number of hydrogen-bond acceptors (Lipinski definition) is 3. The molecule has 5 rings (SSSR count). The molecule has 2 atom stereocenters. The van der Waals surface area contributed by atoms with E-state index >= 15 is 0 Å². The number of rotatable bonds is 8. The first-order chi connectivity index (χ1) is 18.1. The second-order valence-corrected chi connectivity index (χ2v) is 9.99. The topological polar surface area (TPSA) is 32.7 Å². The third kappa shape index (κ3) is 5.55. The maximum Gasteiger partial charge on any atom is 0.131 e. The van der Waals surface area contributed by atoms with Crippen LogP contribution in [-0.2, 0) is 6.42 Å². The van der Waals surface area contributed by atoms with Crippen LogP contribution in [0.1, 0.15) is 41.0 Å². The number of methoxy groups -OCH3 is 1. The highest BCUT2D eigenvalue weighted by atomic mass is 19.1. The largest absolute Gasteiger partial charge is 0.497 e. The molecule has 0 aliphatic carbocycles. The van der Waals surface area contributed by atoms with Crippen molar-refractivity contribution in [1.29, 1.82) is 0 Å². The highest BCUT2D eigenvalue weighted by Crippen LogP contribution is 2.37. The highest BCUT2D eigenvalue weighted by Gasteiger charge is 2.32. The lowest BCUT2D eigenvalue weighted by Crippen LogP contribution is -2.30. The fourth-order valence-corrected chi connectivity index (χ4v) is 5.56. The molecule has 0 bridgehead atoms. The molecular formula is C33H34FNO2. The molecule has 1 aliphatic rings. The molecule has 3 nitrogen and oxygen atoms in total. The van der Waals surface area contributed by atoms with Gasteiger partial charge >= 0.3 is 0 Å². The average Bonchev–Trinajstić information content (AvgIpc) is 3.35. The summed E-state index contributed by atoms with van der Waals surface area (Å²) in [7, 11) is 1.59. The number of nitrogens with zero attached hydrogens (tertiary/aromatic N) is 1. The Morgan fingerprint density at radius 2 is 1.73 bits per heavy atom. The molecule has 37 heavy (non-hydrogen) atoms. The fourth-order valence-electron chi connectivity index (χ4n) is 5.56. The van der Waals surface area contributed by atoms with E-state index in [1.54, 1.807) is 19.2 Å². The van der Waals surface area contributed by atoms with Crippen LogP contribution in [0.3, 0.4) is 0 Å². The molecular weight excluding hydrogens is 461 g/mol. The fraction of sp³-hybridized carbons (Fsp3) is 0.273. The summed E-state index contributed by atoms with van der Waals surface area (Å²) in [5.74, 6) is 0.875. The lowest BCUT2D eigenvalue weighted by molar-refractivity contribution is 0.275. The molecule has 190 valence electrons. The molecule has 0 aromatic heterocycles. The molecule has 1 fully saturated rings. The molecule has 1 aliphatic heterocycles. The third-order valence-corrected chi connectivity index (χ3v) is 7.64. The van der Waals surface area contributed by atoms with Gasteiger partial charge in [0.2, 0.25) is 0 Å². The van der Waals surface area contributed by atoms with Crippen LogP contribution >= 0.6 is 0 Å². The van der Waals surface area contributed by atoms with Crippen molar-refractivity contribution >= 4 is 5.69 Å². The number of ether oxygens (including phenoxy) is 1. The first-order valence-electron chi connectivity index (χ1n) is 13.0. The maximum atomic E-state index is 14.5. The zero-order valence-corrected chi connectivity index (χ0v) is 21.5. The summed E-state index contributed by atoms with van der Waals surface area (Å²) in [6.07, 6.45) is 2.66. The van der Waals surface area contributed by atoms with Crippen LogP contribution < -0.4 is 9.64 Å². The van der Waals surface area contributed by atoms with Gasteiger partial charge in [0.25, 0.3) is 0 Å². The first-order valence-corrected chi connectivity index (χ1v) is 13.0. The van der Waals surface area contributed by atoms with Gasteiger partial charge in [-0.05, 0) is 84.3 Å². The first kappa shape index (κ1) is 25.0. The van der Waals surface area contributed by atoms with Gasteiger partial charge in [0.1, 0.15) is 11.6 Å². The quantitative estimate of drug-likeness (QED) is 0.282. The second-order valence-electron chi connectivity index (χ2n) is 9.99. The number of hydrogen-bond donors (Lipinski definition) is 1. The van der Waals surface area contributed by atoms with E-state index in [1.807, 2.05) is 6.07 Å². The van der Waals surface area contributed by atoms with Crippen molar-refractivity contribution < 1.29 is 14.2 Å². The Balaban J connectivity index is 1.31. The van der Waals surface area contributed by atoms with Crippen LogP contribution in [0.15, 0.2) is 91.0 Å². The smallest absolute Gasteiger partial charge is 0.131 e. The SMILES string of the molecule is COc1ccc(F)c(-c2ccc(Cc3ccc(N4CC(c5ccccc5)CC4CCO)cc3)c(C)c2)c1. The lowest BCUT2D eigenvalue weighted by Gasteiger charge is -2.26.